The van der Waals surface area contributed by atoms with Crippen molar-refractivity contribution < 1.29 is 4.79 Å². The van der Waals surface area contributed by atoms with Crippen LogP contribution in [0.15, 0.2) is 24.4 Å². The Hall–Kier alpha value is -1.38. The quantitative estimate of drug-likeness (QED) is 0.821. The van der Waals surface area contributed by atoms with Crippen LogP contribution in [-0.4, -0.2) is 16.9 Å². The Bertz CT molecular complexity index is 309. The molecule has 0 aromatic carbocycles. The average molecular weight is 206 g/mol. The van der Waals surface area contributed by atoms with Crippen molar-refractivity contribution in [2.24, 2.45) is 5.92 Å². The van der Waals surface area contributed by atoms with Crippen molar-refractivity contribution in [3.8, 4) is 0 Å². The van der Waals surface area contributed by atoms with Crippen LogP contribution in [-0.2, 0) is 0 Å². The summed E-state index contributed by atoms with van der Waals surface area (Å²) in [4.78, 5) is 15.7. The lowest BCUT2D eigenvalue weighted by molar-refractivity contribution is 0.0931. The van der Waals surface area contributed by atoms with Crippen molar-refractivity contribution in [3.05, 3.63) is 30.1 Å². The molecule has 1 heterocycles. The van der Waals surface area contributed by atoms with E-state index in [1.54, 1.807) is 18.3 Å². The van der Waals surface area contributed by atoms with E-state index >= 15 is 0 Å². The van der Waals surface area contributed by atoms with Crippen molar-refractivity contribution in [1.82, 2.24) is 10.3 Å². The maximum Gasteiger partial charge on any atom is 0.270 e. The van der Waals surface area contributed by atoms with Crippen molar-refractivity contribution >= 4 is 5.91 Å². The van der Waals surface area contributed by atoms with E-state index in [0.29, 0.717) is 11.6 Å². The van der Waals surface area contributed by atoms with Crippen molar-refractivity contribution in [2.75, 3.05) is 0 Å². The summed E-state index contributed by atoms with van der Waals surface area (Å²) in [7, 11) is 0. The molecule has 0 radical (unpaired) electrons. The van der Waals surface area contributed by atoms with Gasteiger partial charge in [-0.05, 0) is 31.4 Å². The fourth-order valence-electron chi connectivity index (χ4n) is 1.56. The Balaban J connectivity index is 2.49. The summed E-state index contributed by atoms with van der Waals surface area (Å²) in [6.45, 7) is 6.30. The number of aromatic nitrogens is 1. The molecule has 1 unspecified atom stereocenters. The van der Waals surface area contributed by atoms with Crippen LogP contribution < -0.4 is 5.32 Å². The van der Waals surface area contributed by atoms with Crippen LogP contribution >= 0.6 is 0 Å². The molecule has 0 aliphatic carbocycles. The standard InChI is InChI=1S/C12H18N2O/c1-9(2)8-10(3)14-12(15)11-6-4-5-7-13-11/h4-7,9-10H,8H2,1-3H3,(H,14,15). The van der Waals surface area contributed by atoms with Crippen molar-refractivity contribution in [2.45, 2.75) is 33.2 Å². The van der Waals surface area contributed by atoms with Gasteiger partial charge in [-0.15, -0.1) is 0 Å². The molecular formula is C12H18N2O. The molecule has 3 heteroatoms. The lowest BCUT2D eigenvalue weighted by Crippen LogP contribution is -2.33. The van der Waals surface area contributed by atoms with Gasteiger partial charge in [-0.25, -0.2) is 0 Å². The predicted molar refractivity (Wildman–Crippen MR) is 60.6 cm³/mol. The van der Waals surface area contributed by atoms with Crippen LogP contribution in [0, 0.1) is 5.92 Å². The second-order valence-electron chi connectivity index (χ2n) is 4.22. The van der Waals surface area contributed by atoms with E-state index in [1.165, 1.54) is 0 Å². The van der Waals surface area contributed by atoms with E-state index in [0.717, 1.165) is 6.42 Å². The monoisotopic (exact) mass is 206 g/mol. The molecule has 15 heavy (non-hydrogen) atoms. The Morgan fingerprint density at radius 1 is 1.40 bits per heavy atom. The van der Waals surface area contributed by atoms with Gasteiger partial charge in [0.25, 0.3) is 5.91 Å². The SMILES string of the molecule is CC(C)CC(C)NC(=O)c1ccccn1. The highest BCUT2D eigenvalue weighted by atomic mass is 16.1. The van der Waals surface area contributed by atoms with Crippen molar-refractivity contribution in [3.63, 3.8) is 0 Å². The van der Waals surface area contributed by atoms with E-state index in [9.17, 15) is 4.79 Å². The topological polar surface area (TPSA) is 42.0 Å². The molecule has 82 valence electrons. The first-order chi connectivity index (χ1) is 7.09. The first kappa shape index (κ1) is 11.7. The van der Waals surface area contributed by atoms with E-state index in [4.69, 9.17) is 0 Å². The Morgan fingerprint density at radius 2 is 2.13 bits per heavy atom. The van der Waals surface area contributed by atoms with Gasteiger partial charge in [0.15, 0.2) is 0 Å². The van der Waals surface area contributed by atoms with Gasteiger partial charge < -0.3 is 5.32 Å². The van der Waals surface area contributed by atoms with Crippen molar-refractivity contribution in [1.29, 1.82) is 0 Å². The van der Waals surface area contributed by atoms with E-state index in [1.807, 2.05) is 13.0 Å². The lowest BCUT2D eigenvalue weighted by atomic mass is 10.1. The maximum absolute atomic E-state index is 11.7. The molecule has 0 aliphatic heterocycles. The zero-order valence-corrected chi connectivity index (χ0v) is 9.53. The van der Waals surface area contributed by atoms with Gasteiger partial charge in [0, 0.05) is 12.2 Å². The summed E-state index contributed by atoms with van der Waals surface area (Å²) in [6.07, 6.45) is 2.61. The molecule has 1 rings (SSSR count). The minimum Gasteiger partial charge on any atom is -0.348 e. The van der Waals surface area contributed by atoms with Gasteiger partial charge in [-0.1, -0.05) is 19.9 Å². The first-order valence-electron chi connectivity index (χ1n) is 5.31. The predicted octanol–water partition coefficient (Wildman–Crippen LogP) is 2.25. The van der Waals surface area contributed by atoms with E-state index in [2.05, 4.69) is 24.1 Å². The first-order valence-corrected chi connectivity index (χ1v) is 5.31. The summed E-state index contributed by atoms with van der Waals surface area (Å²) in [5.74, 6) is 0.493. The zero-order chi connectivity index (χ0) is 11.3. The normalized spacial score (nSPS) is 12.5. The molecule has 3 nitrogen and oxygen atoms in total. The molecule has 0 bridgehead atoms. The molecule has 0 saturated heterocycles. The summed E-state index contributed by atoms with van der Waals surface area (Å²) >= 11 is 0. The molecule has 0 saturated carbocycles. The van der Waals surface area contributed by atoms with E-state index in [-0.39, 0.29) is 11.9 Å². The van der Waals surface area contributed by atoms with Crippen LogP contribution in [0.25, 0.3) is 0 Å². The number of carbonyl (C=O) groups is 1. The molecule has 0 fully saturated rings. The lowest BCUT2D eigenvalue weighted by Gasteiger charge is -2.15. The van der Waals surface area contributed by atoms with Crippen LogP contribution in [0.5, 0.6) is 0 Å². The Labute approximate surface area is 90.9 Å². The summed E-state index contributed by atoms with van der Waals surface area (Å²) in [6, 6.07) is 5.53. The van der Waals surface area contributed by atoms with Crippen LogP contribution in [0.4, 0.5) is 0 Å². The minimum absolute atomic E-state index is 0.0937. The molecule has 1 aromatic rings. The Morgan fingerprint density at radius 3 is 2.67 bits per heavy atom. The highest BCUT2D eigenvalue weighted by Gasteiger charge is 2.11. The summed E-state index contributed by atoms with van der Waals surface area (Å²) in [5, 5.41) is 2.93. The minimum atomic E-state index is -0.0937. The van der Waals surface area contributed by atoms with Gasteiger partial charge in [0.1, 0.15) is 5.69 Å². The van der Waals surface area contributed by atoms with Gasteiger partial charge in [0.05, 0.1) is 0 Å². The van der Waals surface area contributed by atoms with Gasteiger partial charge in [-0.2, -0.15) is 0 Å². The fourth-order valence-corrected chi connectivity index (χ4v) is 1.56. The summed E-state index contributed by atoms with van der Waals surface area (Å²) < 4.78 is 0. The average Bonchev–Trinajstić information content (AvgIpc) is 2.17. The third-order valence-corrected chi connectivity index (χ3v) is 2.10. The smallest absolute Gasteiger partial charge is 0.270 e. The molecule has 0 aliphatic rings. The number of nitrogens with zero attached hydrogens (tertiary/aromatic N) is 1. The van der Waals surface area contributed by atoms with Crippen LogP contribution in [0.3, 0.4) is 0 Å². The summed E-state index contributed by atoms with van der Waals surface area (Å²) in [5.41, 5.74) is 0.480. The second-order valence-corrected chi connectivity index (χ2v) is 4.22. The van der Waals surface area contributed by atoms with Gasteiger partial charge in [-0.3, -0.25) is 9.78 Å². The third kappa shape index (κ3) is 4.11. The second kappa shape index (κ2) is 5.49. The number of rotatable bonds is 4. The fraction of sp³-hybridized carbons (Fsp3) is 0.500. The number of hydrogen-bond donors (Lipinski definition) is 1. The number of pyridine rings is 1. The number of nitrogens with one attached hydrogen (secondary N) is 1. The molecular weight excluding hydrogens is 188 g/mol. The van der Waals surface area contributed by atoms with Gasteiger partial charge >= 0.3 is 0 Å². The number of amides is 1. The molecule has 1 N–H and O–H groups in total. The highest BCUT2D eigenvalue weighted by Crippen LogP contribution is 2.04. The molecule has 1 aromatic heterocycles. The van der Waals surface area contributed by atoms with E-state index < -0.39 is 0 Å². The molecule has 1 amide bonds. The van der Waals surface area contributed by atoms with Crippen LogP contribution in [0.1, 0.15) is 37.7 Å². The third-order valence-electron chi connectivity index (χ3n) is 2.10. The van der Waals surface area contributed by atoms with Crippen LogP contribution in [0.2, 0.25) is 0 Å². The zero-order valence-electron chi connectivity index (χ0n) is 9.53. The number of hydrogen-bond acceptors (Lipinski definition) is 2. The maximum atomic E-state index is 11.7. The molecule has 1 atom stereocenters. The highest BCUT2D eigenvalue weighted by molar-refractivity contribution is 5.92. The molecule has 0 spiro atoms. The number of carbonyl (C=O) groups excluding carboxylic acids is 1. The van der Waals surface area contributed by atoms with Gasteiger partial charge in [0.2, 0.25) is 0 Å². The largest absolute Gasteiger partial charge is 0.348 e. The Kier molecular flexibility index (Phi) is 4.28.